The van der Waals surface area contributed by atoms with E-state index in [1.165, 1.54) is 6.92 Å². The number of hydrogen-bond acceptors (Lipinski definition) is 3. The predicted octanol–water partition coefficient (Wildman–Crippen LogP) is 1.72. The Bertz CT molecular complexity index is 315. The van der Waals surface area contributed by atoms with Crippen molar-refractivity contribution in [2.24, 2.45) is 0 Å². The molecular formula is C7H7ClF3NO3. The molecule has 0 amide bonds. The van der Waals surface area contributed by atoms with E-state index in [1.54, 1.807) is 0 Å². The first-order valence-electron chi connectivity index (χ1n) is 3.91. The Kier molecular flexibility index (Phi) is 3.03. The summed E-state index contributed by atoms with van der Waals surface area (Å²) in [6.07, 6.45) is -4.80. The van der Waals surface area contributed by atoms with Crippen LogP contribution in [0.2, 0.25) is 0 Å². The monoisotopic (exact) mass is 245 g/mol. The lowest BCUT2D eigenvalue weighted by molar-refractivity contribution is -0.137. The molecule has 1 atom stereocenters. The highest BCUT2D eigenvalue weighted by Crippen LogP contribution is 2.38. The topological polar surface area (TPSA) is 49.8 Å². The van der Waals surface area contributed by atoms with Gasteiger partial charge in [-0.05, 0) is 6.92 Å². The molecule has 1 unspecified atom stereocenters. The molecule has 0 fully saturated rings. The van der Waals surface area contributed by atoms with Crippen molar-refractivity contribution >= 4 is 17.6 Å². The van der Waals surface area contributed by atoms with E-state index in [-0.39, 0.29) is 6.54 Å². The van der Waals surface area contributed by atoms with Gasteiger partial charge in [-0.25, -0.2) is 4.79 Å². The number of aliphatic carboxylic acids is 1. The number of carboxylic acids is 1. The summed E-state index contributed by atoms with van der Waals surface area (Å²) in [6, 6.07) is 0. The lowest BCUT2D eigenvalue weighted by Crippen LogP contribution is -2.33. The van der Waals surface area contributed by atoms with Gasteiger partial charge in [0.25, 0.3) is 5.69 Å². The van der Waals surface area contributed by atoms with Gasteiger partial charge in [0.1, 0.15) is 0 Å². The molecule has 8 heteroatoms. The maximum Gasteiger partial charge on any atom is 0.435 e. The minimum absolute atomic E-state index is 0.0974. The molecule has 0 aromatic carbocycles. The summed E-state index contributed by atoms with van der Waals surface area (Å²) in [6.45, 7) is 1.31. The SMILES string of the molecule is CCN1C(C(F)(F)F)=C(C(=O)O)OC1Cl. The number of rotatable bonds is 2. The van der Waals surface area contributed by atoms with Crippen LogP contribution >= 0.6 is 11.6 Å². The fraction of sp³-hybridized carbons (Fsp3) is 0.571. The Morgan fingerprint density at radius 3 is 2.53 bits per heavy atom. The minimum atomic E-state index is -4.80. The van der Waals surface area contributed by atoms with Crippen LogP contribution in [0.15, 0.2) is 11.5 Å². The normalized spacial score (nSPS) is 21.9. The number of nitrogens with zero attached hydrogens (tertiary/aromatic N) is 1. The molecule has 1 aliphatic heterocycles. The molecule has 0 spiro atoms. The lowest BCUT2D eigenvalue weighted by atomic mass is 10.3. The maximum atomic E-state index is 12.5. The standard InChI is InChI=1S/C7H7ClF3NO3/c1-2-12-4(7(9,10)11)3(5(13)14)15-6(12)8/h6H,2H2,1H3,(H,13,14). The zero-order chi connectivity index (χ0) is 11.8. The quantitative estimate of drug-likeness (QED) is 0.594. The largest absolute Gasteiger partial charge is 0.475 e. The smallest absolute Gasteiger partial charge is 0.435 e. The van der Waals surface area contributed by atoms with Crippen LogP contribution in [0, 0.1) is 0 Å². The van der Waals surface area contributed by atoms with Crippen molar-refractivity contribution in [3.63, 3.8) is 0 Å². The Balaban J connectivity index is 3.19. The van der Waals surface area contributed by atoms with Gasteiger partial charge < -0.3 is 14.7 Å². The molecule has 0 radical (unpaired) electrons. The van der Waals surface area contributed by atoms with Gasteiger partial charge in [0.15, 0.2) is 5.70 Å². The van der Waals surface area contributed by atoms with Crippen LogP contribution in [-0.2, 0) is 9.53 Å². The first kappa shape index (κ1) is 12.0. The minimum Gasteiger partial charge on any atom is -0.475 e. The van der Waals surface area contributed by atoms with Crippen molar-refractivity contribution in [3.05, 3.63) is 11.5 Å². The average Bonchev–Trinajstić information content (AvgIpc) is 2.41. The highest BCUT2D eigenvalue weighted by atomic mass is 35.5. The molecule has 0 bridgehead atoms. The van der Waals surface area contributed by atoms with E-state index >= 15 is 0 Å². The molecule has 1 rings (SSSR count). The number of halogens is 4. The Morgan fingerprint density at radius 2 is 2.20 bits per heavy atom. The summed E-state index contributed by atoms with van der Waals surface area (Å²) in [5.74, 6) is -2.95. The Labute approximate surface area is 87.9 Å². The van der Waals surface area contributed by atoms with Crippen LogP contribution in [-0.4, -0.2) is 34.4 Å². The highest BCUT2D eigenvalue weighted by molar-refractivity contribution is 6.20. The van der Waals surface area contributed by atoms with E-state index in [2.05, 4.69) is 4.74 Å². The zero-order valence-corrected chi connectivity index (χ0v) is 8.26. The molecule has 0 saturated carbocycles. The van der Waals surface area contributed by atoms with Crippen molar-refractivity contribution < 1.29 is 27.8 Å². The summed E-state index contributed by atoms with van der Waals surface area (Å²) in [5.41, 5.74) is -2.78. The van der Waals surface area contributed by atoms with E-state index in [4.69, 9.17) is 16.7 Å². The summed E-state index contributed by atoms with van der Waals surface area (Å²) < 4.78 is 41.9. The summed E-state index contributed by atoms with van der Waals surface area (Å²) in [5, 5.41) is 8.51. The van der Waals surface area contributed by atoms with Crippen molar-refractivity contribution in [3.8, 4) is 0 Å². The molecule has 86 valence electrons. The molecule has 1 N–H and O–H groups in total. The number of carboxylic acid groups (broad SMARTS) is 1. The molecule has 0 saturated heterocycles. The number of hydrogen-bond donors (Lipinski definition) is 1. The molecule has 1 aliphatic rings. The van der Waals surface area contributed by atoms with Gasteiger partial charge >= 0.3 is 12.1 Å². The molecule has 15 heavy (non-hydrogen) atoms. The second kappa shape index (κ2) is 3.80. The first-order chi connectivity index (χ1) is 6.79. The van der Waals surface area contributed by atoms with Gasteiger partial charge in [-0.2, -0.15) is 13.2 Å². The first-order valence-corrected chi connectivity index (χ1v) is 4.34. The van der Waals surface area contributed by atoms with Crippen LogP contribution in [0.1, 0.15) is 6.92 Å². The van der Waals surface area contributed by atoms with Gasteiger partial charge in [0.2, 0.25) is 5.76 Å². The number of allylic oxidation sites excluding steroid dienone is 1. The third kappa shape index (κ3) is 2.11. The second-order valence-electron chi connectivity index (χ2n) is 2.68. The fourth-order valence-corrected chi connectivity index (χ4v) is 1.52. The Hall–Kier alpha value is -1.11. The third-order valence-electron chi connectivity index (χ3n) is 1.77. The number of ether oxygens (including phenoxy) is 1. The van der Waals surface area contributed by atoms with Crippen molar-refractivity contribution in [1.29, 1.82) is 0 Å². The molecule has 4 nitrogen and oxygen atoms in total. The molecular weight excluding hydrogens is 239 g/mol. The third-order valence-corrected chi connectivity index (χ3v) is 2.09. The van der Waals surface area contributed by atoms with Crippen molar-refractivity contribution in [2.45, 2.75) is 18.8 Å². The Morgan fingerprint density at radius 1 is 1.67 bits per heavy atom. The van der Waals surface area contributed by atoms with E-state index in [1.807, 2.05) is 0 Å². The average molecular weight is 246 g/mol. The van der Waals surface area contributed by atoms with Gasteiger partial charge in [-0.15, -0.1) is 0 Å². The number of alkyl halides is 4. The molecule has 1 heterocycles. The van der Waals surface area contributed by atoms with E-state index in [0.29, 0.717) is 4.90 Å². The predicted molar refractivity (Wildman–Crippen MR) is 43.8 cm³/mol. The summed E-state index contributed by atoms with van der Waals surface area (Å²) >= 11 is 5.42. The summed E-state index contributed by atoms with van der Waals surface area (Å²) in [7, 11) is 0. The van der Waals surface area contributed by atoms with E-state index < -0.39 is 29.3 Å². The molecule has 0 aromatic heterocycles. The van der Waals surface area contributed by atoms with Gasteiger partial charge in [-0.3, -0.25) is 0 Å². The zero-order valence-electron chi connectivity index (χ0n) is 7.51. The van der Waals surface area contributed by atoms with Crippen molar-refractivity contribution in [2.75, 3.05) is 6.54 Å². The molecule has 0 aromatic rings. The summed E-state index contributed by atoms with van der Waals surface area (Å²) in [4.78, 5) is 11.1. The van der Waals surface area contributed by atoms with Crippen LogP contribution in [0.3, 0.4) is 0 Å². The maximum absolute atomic E-state index is 12.5. The number of carbonyl (C=O) groups is 1. The highest BCUT2D eigenvalue weighted by Gasteiger charge is 2.49. The fourth-order valence-electron chi connectivity index (χ4n) is 1.19. The van der Waals surface area contributed by atoms with Crippen LogP contribution in [0.4, 0.5) is 13.2 Å². The lowest BCUT2D eigenvalue weighted by Gasteiger charge is -2.22. The van der Waals surface area contributed by atoms with Crippen LogP contribution in [0.25, 0.3) is 0 Å². The van der Waals surface area contributed by atoms with Crippen LogP contribution in [0.5, 0.6) is 0 Å². The van der Waals surface area contributed by atoms with E-state index in [9.17, 15) is 18.0 Å². The second-order valence-corrected chi connectivity index (χ2v) is 3.05. The van der Waals surface area contributed by atoms with E-state index in [0.717, 1.165) is 0 Å². The van der Waals surface area contributed by atoms with Gasteiger partial charge in [-0.1, -0.05) is 11.6 Å². The molecule has 0 aliphatic carbocycles. The van der Waals surface area contributed by atoms with Gasteiger partial charge in [0, 0.05) is 6.54 Å². The van der Waals surface area contributed by atoms with Crippen molar-refractivity contribution in [1.82, 2.24) is 4.90 Å². The van der Waals surface area contributed by atoms with Crippen LogP contribution < -0.4 is 0 Å². The van der Waals surface area contributed by atoms with Gasteiger partial charge in [0.05, 0.1) is 0 Å².